The average molecular weight is 511 g/mol. The fourth-order valence-corrected chi connectivity index (χ4v) is 5.18. The first-order valence-electron chi connectivity index (χ1n) is 15.0. The van der Waals surface area contributed by atoms with Crippen molar-refractivity contribution in [2.45, 2.75) is 136 Å². The van der Waals surface area contributed by atoms with E-state index in [0.717, 1.165) is 96.3 Å². The summed E-state index contributed by atoms with van der Waals surface area (Å²) in [5.41, 5.74) is 0. The molecular weight excluding hydrogens is 456 g/mol. The molecule has 36 heavy (non-hydrogen) atoms. The van der Waals surface area contributed by atoms with Gasteiger partial charge in [-0.2, -0.15) is 0 Å². The molecule has 0 heterocycles. The minimum Gasteiger partial charge on any atom is -0.466 e. The zero-order valence-electron chi connectivity index (χ0n) is 23.5. The van der Waals surface area contributed by atoms with E-state index in [2.05, 4.69) is 20.8 Å². The molecule has 6 nitrogen and oxygen atoms in total. The number of carbonyl (C=O) groups excluding carboxylic acids is 3. The molecule has 0 bridgehead atoms. The highest BCUT2D eigenvalue weighted by Crippen LogP contribution is 2.41. The maximum Gasteiger partial charge on any atom is 0.305 e. The Morgan fingerprint density at radius 3 is 1.42 bits per heavy atom. The van der Waals surface area contributed by atoms with Gasteiger partial charge in [-0.3, -0.25) is 14.4 Å². The zero-order chi connectivity index (χ0) is 26.4. The van der Waals surface area contributed by atoms with E-state index in [9.17, 15) is 14.4 Å². The van der Waals surface area contributed by atoms with Crippen LogP contribution in [0.1, 0.15) is 136 Å². The second kappa shape index (κ2) is 21.5. The van der Waals surface area contributed by atoms with Crippen molar-refractivity contribution in [3.05, 3.63) is 0 Å². The summed E-state index contributed by atoms with van der Waals surface area (Å²) < 4.78 is 16.2. The van der Waals surface area contributed by atoms with E-state index < -0.39 is 0 Å². The predicted octanol–water partition coefficient (Wildman–Crippen LogP) is 7.56. The van der Waals surface area contributed by atoms with E-state index in [0.29, 0.717) is 56.8 Å². The lowest BCUT2D eigenvalue weighted by molar-refractivity contribution is -0.146. The number of ether oxygens (including phenoxy) is 3. The molecule has 0 aromatic carbocycles. The third kappa shape index (κ3) is 16.2. The van der Waals surface area contributed by atoms with Crippen LogP contribution in [0.5, 0.6) is 0 Å². The molecule has 0 amide bonds. The lowest BCUT2D eigenvalue weighted by Gasteiger charge is -2.36. The Hall–Kier alpha value is -1.59. The van der Waals surface area contributed by atoms with Gasteiger partial charge in [-0.25, -0.2) is 0 Å². The maximum absolute atomic E-state index is 12.3. The van der Waals surface area contributed by atoms with Gasteiger partial charge in [0.05, 0.1) is 19.8 Å². The Labute approximate surface area is 220 Å². The predicted molar refractivity (Wildman–Crippen MR) is 143 cm³/mol. The van der Waals surface area contributed by atoms with Crippen LogP contribution < -0.4 is 0 Å². The minimum absolute atomic E-state index is 0.0914. The largest absolute Gasteiger partial charge is 0.466 e. The average Bonchev–Trinajstić information content (AvgIpc) is 2.88. The van der Waals surface area contributed by atoms with Gasteiger partial charge in [-0.05, 0) is 69.1 Å². The standard InChI is InChI=1S/C30H54O6/c1-4-7-10-21-34-28(31)18-14-25-13-15-26(16-19-29(32)35-22-11-8-5-2)27(24-25)17-20-30(33)36-23-12-9-6-3/h25-27H,4-24H2,1-3H3. The van der Waals surface area contributed by atoms with Crippen molar-refractivity contribution in [1.82, 2.24) is 0 Å². The molecule has 0 aromatic rings. The third-order valence-electron chi connectivity index (χ3n) is 7.48. The normalized spacial score (nSPS) is 19.6. The number of carbonyl (C=O) groups is 3. The van der Waals surface area contributed by atoms with E-state index in [1.165, 1.54) is 0 Å². The highest BCUT2D eigenvalue weighted by molar-refractivity contribution is 5.70. The first-order valence-corrected chi connectivity index (χ1v) is 15.0. The Balaban J connectivity index is 2.50. The van der Waals surface area contributed by atoms with Crippen LogP contribution in [0.4, 0.5) is 0 Å². The van der Waals surface area contributed by atoms with Crippen molar-refractivity contribution in [1.29, 1.82) is 0 Å². The van der Waals surface area contributed by atoms with Crippen molar-refractivity contribution >= 4 is 17.9 Å². The first kappa shape index (κ1) is 32.4. The topological polar surface area (TPSA) is 78.9 Å². The summed E-state index contributed by atoms with van der Waals surface area (Å²) in [4.78, 5) is 36.6. The van der Waals surface area contributed by atoms with Gasteiger partial charge in [-0.15, -0.1) is 0 Å². The van der Waals surface area contributed by atoms with Crippen LogP contribution in [-0.2, 0) is 28.6 Å². The lowest BCUT2D eigenvalue weighted by Crippen LogP contribution is -2.27. The quantitative estimate of drug-likeness (QED) is 0.0900. The van der Waals surface area contributed by atoms with Gasteiger partial charge in [0.15, 0.2) is 0 Å². The molecule has 3 unspecified atom stereocenters. The number of unbranched alkanes of at least 4 members (excludes halogenated alkanes) is 6. The van der Waals surface area contributed by atoms with Crippen LogP contribution in [0.2, 0.25) is 0 Å². The highest BCUT2D eigenvalue weighted by atomic mass is 16.5. The number of esters is 3. The molecule has 0 aromatic heterocycles. The smallest absolute Gasteiger partial charge is 0.305 e. The molecule has 3 atom stereocenters. The van der Waals surface area contributed by atoms with Gasteiger partial charge >= 0.3 is 17.9 Å². The Morgan fingerprint density at radius 1 is 0.556 bits per heavy atom. The number of hydrogen-bond donors (Lipinski definition) is 0. The summed E-state index contributed by atoms with van der Waals surface area (Å²) in [7, 11) is 0. The summed E-state index contributed by atoms with van der Waals surface area (Å²) in [5, 5.41) is 0. The summed E-state index contributed by atoms with van der Waals surface area (Å²) in [6, 6.07) is 0. The fourth-order valence-electron chi connectivity index (χ4n) is 5.18. The van der Waals surface area contributed by atoms with Gasteiger partial charge in [-0.1, -0.05) is 65.7 Å². The molecule has 1 rings (SSSR count). The van der Waals surface area contributed by atoms with Crippen molar-refractivity contribution in [3.63, 3.8) is 0 Å². The molecular formula is C30H54O6. The van der Waals surface area contributed by atoms with Crippen LogP contribution >= 0.6 is 0 Å². The van der Waals surface area contributed by atoms with Crippen molar-refractivity contribution in [3.8, 4) is 0 Å². The van der Waals surface area contributed by atoms with Gasteiger partial charge in [0.2, 0.25) is 0 Å². The molecule has 0 radical (unpaired) electrons. The van der Waals surface area contributed by atoms with E-state index in [1.807, 2.05) is 0 Å². The van der Waals surface area contributed by atoms with Crippen LogP contribution in [0.25, 0.3) is 0 Å². The Bertz CT molecular complexity index is 590. The van der Waals surface area contributed by atoms with E-state index in [1.54, 1.807) is 0 Å². The maximum atomic E-state index is 12.3. The van der Waals surface area contributed by atoms with Gasteiger partial charge in [0.25, 0.3) is 0 Å². The van der Waals surface area contributed by atoms with Gasteiger partial charge < -0.3 is 14.2 Å². The molecule has 0 saturated heterocycles. The summed E-state index contributed by atoms with van der Waals surface area (Å²) >= 11 is 0. The van der Waals surface area contributed by atoms with Crippen LogP contribution in [0.15, 0.2) is 0 Å². The van der Waals surface area contributed by atoms with Crippen molar-refractivity contribution in [2.24, 2.45) is 17.8 Å². The van der Waals surface area contributed by atoms with E-state index in [-0.39, 0.29) is 17.9 Å². The SMILES string of the molecule is CCCCCOC(=O)CCC1CCC(CCC(=O)OCCCCC)C(CCC(=O)OCCCCC)C1. The second-order valence-electron chi connectivity index (χ2n) is 10.6. The summed E-state index contributed by atoms with van der Waals surface area (Å²) in [5.74, 6) is 0.951. The van der Waals surface area contributed by atoms with Crippen molar-refractivity contribution < 1.29 is 28.6 Å². The molecule has 1 aliphatic carbocycles. The van der Waals surface area contributed by atoms with E-state index >= 15 is 0 Å². The minimum atomic E-state index is -0.113. The van der Waals surface area contributed by atoms with Crippen LogP contribution in [-0.4, -0.2) is 37.7 Å². The summed E-state index contributed by atoms with van der Waals surface area (Å²) in [6.45, 7) is 7.95. The van der Waals surface area contributed by atoms with Crippen molar-refractivity contribution in [2.75, 3.05) is 19.8 Å². The zero-order valence-corrected chi connectivity index (χ0v) is 23.5. The van der Waals surface area contributed by atoms with Crippen LogP contribution in [0.3, 0.4) is 0 Å². The van der Waals surface area contributed by atoms with Crippen LogP contribution in [0, 0.1) is 17.8 Å². The summed E-state index contributed by atoms with van der Waals surface area (Å²) in [6.07, 6.45) is 16.3. The second-order valence-corrected chi connectivity index (χ2v) is 10.6. The molecule has 210 valence electrons. The molecule has 0 spiro atoms. The van der Waals surface area contributed by atoms with Gasteiger partial charge in [0, 0.05) is 19.3 Å². The fraction of sp³-hybridized carbons (Fsp3) is 0.900. The monoisotopic (exact) mass is 510 g/mol. The molecule has 1 saturated carbocycles. The van der Waals surface area contributed by atoms with E-state index in [4.69, 9.17) is 14.2 Å². The molecule has 0 N–H and O–H groups in total. The highest BCUT2D eigenvalue weighted by Gasteiger charge is 2.31. The molecule has 1 aliphatic rings. The van der Waals surface area contributed by atoms with Gasteiger partial charge in [0.1, 0.15) is 0 Å². The Morgan fingerprint density at radius 2 is 0.972 bits per heavy atom. The molecule has 0 aliphatic heterocycles. The molecule has 1 fully saturated rings. The first-order chi connectivity index (χ1) is 17.5. The Kier molecular flexibility index (Phi) is 19.4. The number of hydrogen-bond acceptors (Lipinski definition) is 6. The lowest BCUT2D eigenvalue weighted by atomic mass is 9.69. The molecule has 6 heteroatoms. The number of rotatable bonds is 21. The third-order valence-corrected chi connectivity index (χ3v) is 7.48.